The van der Waals surface area contributed by atoms with Gasteiger partial charge in [0, 0.05) is 37.0 Å². The Hall–Kier alpha value is -2.11. The van der Waals surface area contributed by atoms with Crippen LogP contribution >= 0.6 is 0 Å². The van der Waals surface area contributed by atoms with E-state index in [0.717, 1.165) is 29.5 Å². The quantitative estimate of drug-likeness (QED) is 0.850. The standard InChI is InChI=1S/C22H27NO4/c1-22(2,27-18-10-6-8-14-7-4-5-9-15(14)18)21(24)23-19-16-11-12-26-20(16)17(19)13-25-3/h4-10,16-17,19-20H,11-13H2,1-3H3,(H,23,24)/t16-,17-,19-,20-/m1/s1. The lowest BCUT2D eigenvalue weighted by molar-refractivity contribution is -0.142. The summed E-state index contributed by atoms with van der Waals surface area (Å²) >= 11 is 0. The minimum absolute atomic E-state index is 0.0837. The molecule has 2 aliphatic rings. The lowest BCUT2D eigenvalue weighted by atomic mass is 9.67. The monoisotopic (exact) mass is 369 g/mol. The summed E-state index contributed by atoms with van der Waals surface area (Å²) in [6, 6.07) is 14.0. The minimum atomic E-state index is -0.980. The van der Waals surface area contributed by atoms with Crippen LogP contribution in [0, 0.1) is 11.8 Å². The first-order valence-corrected chi connectivity index (χ1v) is 9.59. The number of carbonyl (C=O) groups is 1. The van der Waals surface area contributed by atoms with Crippen molar-refractivity contribution in [2.75, 3.05) is 20.3 Å². The van der Waals surface area contributed by atoms with E-state index in [1.165, 1.54) is 0 Å². The van der Waals surface area contributed by atoms with Gasteiger partial charge in [-0.1, -0.05) is 36.4 Å². The average molecular weight is 369 g/mol. The van der Waals surface area contributed by atoms with E-state index in [1.807, 2.05) is 56.3 Å². The molecule has 144 valence electrons. The van der Waals surface area contributed by atoms with Gasteiger partial charge in [-0.05, 0) is 31.7 Å². The number of amides is 1. The fourth-order valence-electron chi connectivity index (χ4n) is 4.37. The molecule has 5 nitrogen and oxygen atoms in total. The van der Waals surface area contributed by atoms with Crippen LogP contribution in [0.5, 0.6) is 5.75 Å². The highest BCUT2D eigenvalue weighted by atomic mass is 16.5. The van der Waals surface area contributed by atoms with Gasteiger partial charge in [-0.25, -0.2) is 0 Å². The van der Waals surface area contributed by atoms with E-state index < -0.39 is 5.60 Å². The van der Waals surface area contributed by atoms with Gasteiger partial charge in [0.25, 0.3) is 5.91 Å². The number of hydrogen-bond acceptors (Lipinski definition) is 4. The van der Waals surface area contributed by atoms with Crippen molar-refractivity contribution in [2.24, 2.45) is 11.8 Å². The molecule has 4 atom stereocenters. The molecule has 1 aliphatic heterocycles. The van der Waals surface area contributed by atoms with Crippen molar-refractivity contribution >= 4 is 16.7 Å². The van der Waals surface area contributed by atoms with Gasteiger partial charge < -0.3 is 19.5 Å². The third-order valence-electron chi connectivity index (χ3n) is 5.85. The molecule has 1 saturated heterocycles. The van der Waals surface area contributed by atoms with E-state index >= 15 is 0 Å². The van der Waals surface area contributed by atoms with Gasteiger partial charge in [-0.3, -0.25) is 4.79 Å². The zero-order valence-electron chi connectivity index (χ0n) is 16.1. The highest BCUT2D eigenvalue weighted by molar-refractivity contribution is 5.90. The largest absolute Gasteiger partial charge is 0.477 e. The topological polar surface area (TPSA) is 56.8 Å². The van der Waals surface area contributed by atoms with Crippen LogP contribution < -0.4 is 10.1 Å². The first-order valence-electron chi connectivity index (χ1n) is 9.59. The van der Waals surface area contributed by atoms with Crippen molar-refractivity contribution in [2.45, 2.75) is 38.0 Å². The van der Waals surface area contributed by atoms with Crippen LogP contribution in [0.25, 0.3) is 10.8 Å². The Morgan fingerprint density at radius 2 is 2.00 bits per heavy atom. The maximum absolute atomic E-state index is 13.0. The van der Waals surface area contributed by atoms with Crippen molar-refractivity contribution in [3.05, 3.63) is 42.5 Å². The third kappa shape index (κ3) is 3.30. The molecule has 27 heavy (non-hydrogen) atoms. The maximum Gasteiger partial charge on any atom is 0.263 e. The molecule has 2 aromatic carbocycles. The molecule has 2 fully saturated rings. The molecule has 1 saturated carbocycles. The smallest absolute Gasteiger partial charge is 0.263 e. The summed E-state index contributed by atoms with van der Waals surface area (Å²) in [6.45, 7) is 4.99. The van der Waals surface area contributed by atoms with E-state index in [-0.39, 0.29) is 24.0 Å². The number of hydrogen-bond donors (Lipinski definition) is 1. The lowest BCUT2D eigenvalue weighted by Crippen LogP contribution is -2.65. The predicted octanol–water partition coefficient (Wildman–Crippen LogP) is 3.16. The van der Waals surface area contributed by atoms with E-state index in [4.69, 9.17) is 14.2 Å². The normalized spacial score (nSPS) is 27.1. The molecule has 0 bridgehead atoms. The third-order valence-corrected chi connectivity index (χ3v) is 5.85. The second kappa shape index (κ2) is 7.13. The maximum atomic E-state index is 13.0. The number of rotatable bonds is 6. The second-order valence-corrected chi connectivity index (χ2v) is 8.00. The van der Waals surface area contributed by atoms with Gasteiger partial charge >= 0.3 is 0 Å². The summed E-state index contributed by atoms with van der Waals surface area (Å²) < 4.78 is 17.3. The lowest BCUT2D eigenvalue weighted by Gasteiger charge is -2.48. The number of benzene rings is 2. The molecule has 2 aromatic rings. The van der Waals surface area contributed by atoms with E-state index in [1.54, 1.807) is 7.11 Å². The summed E-state index contributed by atoms with van der Waals surface area (Å²) in [7, 11) is 1.69. The Morgan fingerprint density at radius 3 is 2.81 bits per heavy atom. The van der Waals surface area contributed by atoms with E-state index in [9.17, 15) is 4.79 Å². The van der Waals surface area contributed by atoms with Gasteiger partial charge in [-0.15, -0.1) is 0 Å². The number of nitrogens with one attached hydrogen (secondary N) is 1. The van der Waals surface area contributed by atoms with Gasteiger partial charge in [0.2, 0.25) is 0 Å². The molecule has 1 heterocycles. The minimum Gasteiger partial charge on any atom is -0.477 e. The van der Waals surface area contributed by atoms with Crippen molar-refractivity contribution < 1.29 is 19.0 Å². The van der Waals surface area contributed by atoms with Crippen LogP contribution in [0.4, 0.5) is 0 Å². The van der Waals surface area contributed by atoms with Crippen molar-refractivity contribution in [3.8, 4) is 5.75 Å². The zero-order valence-corrected chi connectivity index (χ0v) is 16.1. The molecule has 1 aliphatic carbocycles. The first-order chi connectivity index (χ1) is 13.0. The summed E-state index contributed by atoms with van der Waals surface area (Å²) in [6.07, 6.45) is 1.19. The second-order valence-electron chi connectivity index (χ2n) is 8.00. The van der Waals surface area contributed by atoms with Crippen LogP contribution in [-0.4, -0.2) is 44.0 Å². The molecule has 4 rings (SSSR count). The Bertz CT molecular complexity index is 829. The fourth-order valence-corrected chi connectivity index (χ4v) is 4.37. The summed E-state index contributed by atoms with van der Waals surface area (Å²) in [5, 5.41) is 5.31. The number of carbonyl (C=O) groups excluding carboxylic acids is 1. The molecule has 0 radical (unpaired) electrons. The average Bonchev–Trinajstić information content (AvgIpc) is 3.08. The van der Waals surface area contributed by atoms with Crippen molar-refractivity contribution in [3.63, 3.8) is 0 Å². The van der Waals surface area contributed by atoms with Crippen LogP contribution in [-0.2, 0) is 14.3 Å². The molecule has 1 amide bonds. The van der Waals surface area contributed by atoms with Gasteiger partial charge in [0.15, 0.2) is 5.60 Å². The molecule has 1 N–H and O–H groups in total. The van der Waals surface area contributed by atoms with Crippen LogP contribution in [0.15, 0.2) is 42.5 Å². The number of fused-ring (bicyclic) bond motifs is 2. The summed E-state index contributed by atoms with van der Waals surface area (Å²) in [5.41, 5.74) is -0.980. The molecular formula is C22H27NO4. The van der Waals surface area contributed by atoms with Crippen LogP contribution in [0.3, 0.4) is 0 Å². The molecule has 0 unspecified atom stereocenters. The highest BCUT2D eigenvalue weighted by Gasteiger charge is 2.55. The van der Waals surface area contributed by atoms with Crippen molar-refractivity contribution in [1.29, 1.82) is 0 Å². The highest BCUT2D eigenvalue weighted by Crippen LogP contribution is 2.44. The fraction of sp³-hybridized carbons (Fsp3) is 0.500. The summed E-state index contributed by atoms with van der Waals surface area (Å²) in [5.74, 6) is 1.20. The van der Waals surface area contributed by atoms with Crippen LogP contribution in [0.1, 0.15) is 20.3 Å². The zero-order chi connectivity index (χ0) is 19.0. The number of methoxy groups -OCH3 is 1. The molecule has 5 heteroatoms. The Balaban J connectivity index is 1.49. The van der Waals surface area contributed by atoms with E-state index in [0.29, 0.717) is 12.5 Å². The van der Waals surface area contributed by atoms with Crippen LogP contribution in [0.2, 0.25) is 0 Å². The Kier molecular flexibility index (Phi) is 4.82. The number of ether oxygens (including phenoxy) is 3. The SMILES string of the molecule is COC[C@@H]1[C@H](NC(=O)C(C)(C)Oc2cccc3ccccc23)[C@H]2CCO[C@H]21. The molecular weight excluding hydrogens is 342 g/mol. The van der Waals surface area contributed by atoms with Gasteiger partial charge in [0.1, 0.15) is 5.75 Å². The van der Waals surface area contributed by atoms with Gasteiger partial charge in [-0.2, -0.15) is 0 Å². The Labute approximate surface area is 160 Å². The summed E-state index contributed by atoms with van der Waals surface area (Å²) in [4.78, 5) is 13.0. The molecule has 0 aromatic heterocycles. The van der Waals surface area contributed by atoms with Crippen molar-refractivity contribution in [1.82, 2.24) is 5.32 Å². The Morgan fingerprint density at radius 1 is 1.22 bits per heavy atom. The molecule has 0 spiro atoms. The predicted molar refractivity (Wildman–Crippen MR) is 104 cm³/mol. The first kappa shape index (κ1) is 18.3. The van der Waals surface area contributed by atoms with Gasteiger partial charge in [0.05, 0.1) is 12.7 Å². The van der Waals surface area contributed by atoms with E-state index in [2.05, 4.69) is 5.32 Å².